The molecule has 0 aliphatic carbocycles. The van der Waals surface area contributed by atoms with Crippen LogP contribution < -0.4 is 5.32 Å². The number of nitrogens with one attached hydrogen (secondary N) is 1. The number of rotatable bonds is 6. The Morgan fingerprint density at radius 1 is 1.50 bits per heavy atom. The Balaban J connectivity index is 1.94. The monoisotopic (exact) mass is 295 g/mol. The first-order chi connectivity index (χ1) is 9.40. The van der Waals surface area contributed by atoms with Gasteiger partial charge in [-0.25, -0.2) is 4.98 Å². The van der Waals surface area contributed by atoms with Crippen molar-refractivity contribution in [2.45, 2.75) is 26.8 Å². The van der Waals surface area contributed by atoms with Gasteiger partial charge in [-0.15, -0.1) is 0 Å². The molecule has 0 radical (unpaired) electrons. The lowest BCUT2D eigenvalue weighted by molar-refractivity contribution is -0.147. The van der Waals surface area contributed by atoms with Gasteiger partial charge in [0.1, 0.15) is 5.65 Å². The van der Waals surface area contributed by atoms with E-state index in [1.807, 2.05) is 16.7 Å². The highest BCUT2D eigenvalue weighted by Crippen LogP contribution is 2.19. The number of aromatic nitrogens is 2. The summed E-state index contributed by atoms with van der Waals surface area (Å²) in [6.07, 6.45) is 4.18. The highest BCUT2D eigenvalue weighted by molar-refractivity contribution is 6.30. The van der Waals surface area contributed by atoms with Crippen LogP contribution in [0.3, 0.4) is 0 Å². The van der Waals surface area contributed by atoms with Crippen LogP contribution in [0.25, 0.3) is 5.65 Å². The van der Waals surface area contributed by atoms with Crippen LogP contribution in [0.5, 0.6) is 0 Å². The molecule has 0 aliphatic heterocycles. The Labute approximate surface area is 122 Å². The molecular weight excluding hydrogens is 278 g/mol. The first-order valence-corrected chi connectivity index (χ1v) is 6.83. The molecule has 0 atom stereocenters. The summed E-state index contributed by atoms with van der Waals surface area (Å²) in [6, 6.07) is 3.66. The van der Waals surface area contributed by atoms with Crippen LogP contribution in [0.2, 0.25) is 5.02 Å². The molecule has 2 aromatic heterocycles. The standard InChI is InChI=1S/C14H18ClN3O2/c1-14(2,13(19)20)5-6-16-7-11-8-17-12-4-3-10(15)9-18(11)12/h3-4,8-9,16H,5-7H2,1-2H3,(H,19,20). The lowest BCUT2D eigenvalue weighted by atomic mass is 9.90. The molecule has 2 heterocycles. The fourth-order valence-corrected chi connectivity index (χ4v) is 2.02. The second-order valence-corrected chi connectivity index (χ2v) is 5.88. The lowest BCUT2D eigenvalue weighted by Crippen LogP contribution is -2.29. The molecule has 6 heteroatoms. The van der Waals surface area contributed by atoms with E-state index in [4.69, 9.17) is 16.7 Å². The first kappa shape index (κ1) is 14.8. The molecule has 108 valence electrons. The number of aliphatic carboxylic acids is 1. The van der Waals surface area contributed by atoms with Gasteiger partial charge in [0.2, 0.25) is 0 Å². The zero-order valence-corrected chi connectivity index (χ0v) is 12.3. The predicted molar refractivity (Wildman–Crippen MR) is 77.9 cm³/mol. The van der Waals surface area contributed by atoms with Crippen LogP contribution in [0.1, 0.15) is 26.0 Å². The predicted octanol–water partition coefficient (Wildman–Crippen LogP) is 2.58. The highest BCUT2D eigenvalue weighted by atomic mass is 35.5. The van der Waals surface area contributed by atoms with Crippen molar-refractivity contribution in [3.8, 4) is 0 Å². The minimum Gasteiger partial charge on any atom is -0.481 e. The van der Waals surface area contributed by atoms with E-state index >= 15 is 0 Å². The van der Waals surface area contributed by atoms with Gasteiger partial charge in [-0.05, 0) is 38.9 Å². The average Bonchev–Trinajstić information content (AvgIpc) is 2.77. The number of pyridine rings is 1. The minimum atomic E-state index is -0.777. The van der Waals surface area contributed by atoms with Crippen molar-refractivity contribution in [3.63, 3.8) is 0 Å². The number of fused-ring (bicyclic) bond motifs is 1. The van der Waals surface area contributed by atoms with Crippen LogP contribution in [0.15, 0.2) is 24.5 Å². The Morgan fingerprint density at radius 2 is 2.25 bits per heavy atom. The van der Waals surface area contributed by atoms with Crippen LogP contribution in [-0.4, -0.2) is 27.0 Å². The third-order valence-corrected chi connectivity index (χ3v) is 3.58. The molecule has 0 spiro atoms. The minimum absolute atomic E-state index is 0.569. The molecule has 0 unspecified atom stereocenters. The molecule has 0 saturated carbocycles. The SMILES string of the molecule is CC(C)(CCNCc1cnc2ccc(Cl)cn12)C(=O)O. The highest BCUT2D eigenvalue weighted by Gasteiger charge is 2.26. The third kappa shape index (κ3) is 3.29. The van der Waals surface area contributed by atoms with E-state index < -0.39 is 11.4 Å². The maximum Gasteiger partial charge on any atom is 0.309 e. The van der Waals surface area contributed by atoms with Crippen LogP contribution in [0.4, 0.5) is 0 Å². The molecule has 0 saturated heterocycles. The fraction of sp³-hybridized carbons (Fsp3) is 0.429. The van der Waals surface area contributed by atoms with Crippen molar-refractivity contribution in [1.82, 2.24) is 14.7 Å². The first-order valence-electron chi connectivity index (χ1n) is 6.46. The van der Waals surface area contributed by atoms with Gasteiger partial charge in [0.05, 0.1) is 22.3 Å². The Morgan fingerprint density at radius 3 is 2.95 bits per heavy atom. The van der Waals surface area contributed by atoms with Crippen LogP contribution in [0, 0.1) is 5.41 Å². The number of halogens is 1. The molecule has 2 N–H and O–H groups in total. The number of carboxylic acid groups (broad SMARTS) is 1. The largest absolute Gasteiger partial charge is 0.481 e. The molecule has 2 rings (SSSR count). The van der Waals surface area contributed by atoms with Crippen molar-refractivity contribution < 1.29 is 9.90 Å². The quantitative estimate of drug-likeness (QED) is 0.804. The smallest absolute Gasteiger partial charge is 0.309 e. The Kier molecular flexibility index (Phi) is 4.30. The number of hydrogen-bond acceptors (Lipinski definition) is 3. The second-order valence-electron chi connectivity index (χ2n) is 5.44. The van der Waals surface area contributed by atoms with Crippen molar-refractivity contribution in [2.75, 3.05) is 6.54 Å². The molecule has 0 aromatic carbocycles. The van der Waals surface area contributed by atoms with Gasteiger partial charge in [-0.1, -0.05) is 11.6 Å². The van der Waals surface area contributed by atoms with E-state index in [1.165, 1.54) is 0 Å². The van der Waals surface area contributed by atoms with E-state index in [0.717, 1.165) is 11.3 Å². The summed E-state index contributed by atoms with van der Waals surface area (Å²) in [7, 11) is 0. The van der Waals surface area contributed by atoms with Crippen LogP contribution in [-0.2, 0) is 11.3 Å². The van der Waals surface area contributed by atoms with E-state index in [0.29, 0.717) is 24.5 Å². The molecule has 0 fully saturated rings. The third-order valence-electron chi connectivity index (χ3n) is 3.36. The molecule has 2 aromatic rings. The van der Waals surface area contributed by atoms with Gasteiger partial charge >= 0.3 is 5.97 Å². The van der Waals surface area contributed by atoms with E-state index in [2.05, 4.69) is 10.3 Å². The van der Waals surface area contributed by atoms with Crippen LogP contribution >= 0.6 is 11.6 Å². The summed E-state index contributed by atoms with van der Waals surface area (Å²) in [6.45, 7) is 4.71. The lowest BCUT2D eigenvalue weighted by Gasteiger charge is -2.18. The van der Waals surface area contributed by atoms with E-state index in [-0.39, 0.29) is 0 Å². The Hall–Kier alpha value is -1.59. The van der Waals surface area contributed by atoms with Gasteiger partial charge in [0.15, 0.2) is 0 Å². The molecule has 0 amide bonds. The molecular formula is C14H18ClN3O2. The number of carbonyl (C=O) groups is 1. The van der Waals surface area contributed by atoms with Crippen molar-refractivity contribution in [3.05, 3.63) is 35.2 Å². The average molecular weight is 296 g/mol. The normalized spacial score (nSPS) is 11.9. The second kappa shape index (κ2) is 5.81. The van der Waals surface area contributed by atoms with Gasteiger partial charge in [0, 0.05) is 12.7 Å². The Bertz CT molecular complexity index is 622. The van der Waals surface area contributed by atoms with Gasteiger partial charge in [-0.2, -0.15) is 0 Å². The van der Waals surface area contributed by atoms with Crippen molar-refractivity contribution >= 4 is 23.2 Å². The van der Waals surface area contributed by atoms with Crippen molar-refractivity contribution in [2.24, 2.45) is 5.41 Å². The molecule has 0 aliphatic rings. The van der Waals surface area contributed by atoms with Crippen molar-refractivity contribution in [1.29, 1.82) is 0 Å². The summed E-state index contributed by atoms with van der Waals surface area (Å²) in [4.78, 5) is 15.3. The summed E-state index contributed by atoms with van der Waals surface area (Å²) in [5.74, 6) is -0.777. The summed E-state index contributed by atoms with van der Waals surface area (Å²) >= 11 is 5.97. The molecule has 0 bridgehead atoms. The molecule has 20 heavy (non-hydrogen) atoms. The number of nitrogens with zero attached hydrogens (tertiary/aromatic N) is 2. The maximum absolute atomic E-state index is 11.0. The number of carboxylic acids is 1. The summed E-state index contributed by atoms with van der Waals surface area (Å²) < 4.78 is 1.93. The van der Waals surface area contributed by atoms with E-state index in [1.54, 1.807) is 26.1 Å². The maximum atomic E-state index is 11.0. The number of hydrogen-bond donors (Lipinski definition) is 2. The number of imidazole rings is 1. The topological polar surface area (TPSA) is 66.6 Å². The van der Waals surface area contributed by atoms with Gasteiger partial charge < -0.3 is 14.8 Å². The van der Waals surface area contributed by atoms with Gasteiger partial charge in [-0.3, -0.25) is 4.79 Å². The van der Waals surface area contributed by atoms with E-state index in [9.17, 15) is 4.79 Å². The zero-order valence-electron chi connectivity index (χ0n) is 11.6. The molecule has 5 nitrogen and oxygen atoms in total. The summed E-state index contributed by atoms with van der Waals surface area (Å²) in [5.41, 5.74) is 1.13. The fourth-order valence-electron chi connectivity index (χ4n) is 1.86. The zero-order chi connectivity index (χ0) is 14.8. The summed E-state index contributed by atoms with van der Waals surface area (Å²) in [5, 5.41) is 12.9. The van der Waals surface area contributed by atoms with Gasteiger partial charge in [0.25, 0.3) is 0 Å².